The van der Waals surface area contributed by atoms with Crippen molar-refractivity contribution in [1.29, 1.82) is 0 Å². The number of alkyl halides is 3. The van der Waals surface area contributed by atoms with E-state index in [-0.39, 0.29) is 22.8 Å². The number of hydrogen-bond donors (Lipinski definition) is 2. The van der Waals surface area contributed by atoms with Gasteiger partial charge in [-0.05, 0) is 35.9 Å². The lowest BCUT2D eigenvalue weighted by Gasteiger charge is -2.14. The number of Topliss-reactive ketones (excluding diaryl/α,β-unsaturated/α-hetero) is 1. The number of carbonyl (C=O) groups is 1. The molecule has 0 atom stereocenters. The lowest BCUT2D eigenvalue weighted by Crippen LogP contribution is -2.15. The minimum absolute atomic E-state index is 0.0870. The van der Waals surface area contributed by atoms with Crippen molar-refractivity contribution in [1.82, 2.24) is 15.0 Å². The van der Waals surface area contributed by atoms with E-state index in [1.165, 1.54) is 23.9 Å². The Hall–Kier alpha value is -3.12. The highest BCUT2D eigenvalue weighted by molar-refractivity contribution is 9.10. The molecule has 0 spiro atoms. The summed E-state index contributed by atoms with van der Waals surface area (Å²) in [4.78, 5) is 24.0. The Bertz CT molecular complexity index is 1270. The Labute approximate surface area is 191 Å². The second-order valence-electron chi connectivity index (χ2n) is 6.53. The molecule has 2 aromatic heterocycles. The SMILES string of the molecule is Nc1ncc(COc2cc(/C=C3\Sc4ncccc4C3=O)c(Br)cc2O)c(C(F)(F)F)n1. The normalized spacial score (nSPS) is 14.6. The first-order chi connectivity index (χ1) is 15.1. The topological polar surface area (TPSA) is 111 Å². The Morgan fingerprint density at radius 2 is 2.06 bits per heavy atom. The number of benzene rings is 1. The summed E-state index contributed by atoms with van der Waals surface area (Å²) in [6.45, 7) is -0.566. The predicted octanol–water partition coefficient (Wildman–Crippen LogP) is 4.85. The lowest BCUT2D eigenvalue weighted by molar-refractivity contribution is -0.142. The highest BCUT2D eigenvalue weighted by Crippen LogP contribution is 2.41. The number of phenolic OH excluding ortho intramolecular Hbond substituents is 1. The number of fused-ring (bicyclic) bond motifs is 1. The zero-order chi connectivity index (χ0) is 23.0. The fourth-order valence-corrected chi connectivity index (χ4v) is 4.30. The van der Waals surface area contributed by atoms with Gasteiger partial charge < -0.3 is 15.6 Å². The van der Waals surface area contributed by atoms with Crippen molar-refractivity contribution in [2.45, 2.75) is 17.8 Å². The standard InChI is InChI=1S/C20H12BrF3N4O3S/c21-12-6-13(29)14(31-8-10-7-27-19(25)28-17(10)20(22,23)24)4-9(12)5-15-16(30)11-2-1-3-26-18(11)32-15/h1-7,29H,8H2,(H2,25,27,28)/b15-5-. The summed E-state index contributed by atoms with van der Waals surface area (Å²) < 4.78 is 45.5. The van der Waals surface area contributed by atoms with Gasteiger partial charge in [0.25, 0.3) is 0 Å². The average Bonchev–Trinajstić information content (AvgIpc) is 3.05. The van der Waals surface area contributed by atoms with Gasteiger partial charge in [0.1, 0.15) is 11.6 Å². The van der Waals surface area contributed by atoms with Crippen molar-refractivity contribution in [3.8, 4) is 11.5 Å². The summed E-state index contributed by atoms with van der Waals surface area (Å²) in [5.74, 6) is -1.11. The molecule has 0 amide bonds. The molecule has 0 aliphatic carbocycles. The van der Waals surface area contributed by atoms with E-state index in [1.807, 2.05) is 0 Å². The number of rotatable bonds is 4. The maximum absolute atomic E-state index is 13.2. The third-order valence-electron chi connectivity index (χ3n) is 4.35. The summed E-state index contributed by atoms with van der Waals surface area (Å²) in [6.07, 6.45) is -0.669. The molecule has 0 saturated heterocycles. The van der Waals surface area contributed by atoms with Crippen molar-refractivity contribution in [2.24, 2.45) is 0 Å². The first-order valence-electron chi connectivity index (χ1n) is 8.86. The van der Waals surface area contributed by atoms with Crippen LogP contribution in [0, 0.1) is 0 Å². The molecule has 0 bridgehead atoms. The number of allylic oxidation sites excluding steroid dienone is 1. The first-order valence-corrected chi connectivity index (χ1v) is 10.5. The molecule has 3 aromatic rings. The minimum Gasteiger partial charge on any atom is -0.504 e. The number of ketones is 1. The average molecular weight is 525 g/mol. The van der Waals surface area contributed by atoms with Crippen LogP contribution >= 0.6 is 27.7 Å². The number of aromatic hydroxyl groups is 1. The largest absolute Gasteiger partial charge is 0.504 e. The molecule has 32 heavy (non-hydrogen) atoms. The van der Waals surface area contributed by atoms with E-state index in [2.05, 4.69) is 30.9 Å². The molecule has 7 nitrogen and oxygen atoms in total. The van der Waals surface area contributed by atoms with Crippen molar-refractivity contribution < 1.29 is 27.8 Å². The summed E-state index contributed by atoms with van der Waals surface area (Å²) in [5.41, 5.74) is 4.66. The molecule has 0 fully saturated rings. The molecular formula is C20H12BrF3N4O3S. The zero-order valence-corrected chi connectivity index (χ0v) is 18.3. The number of pyridine rings is 1. The monoisotopic (exact) mass is 524 g/mol. The number of phenols is 1. The van der Waals surface area contributed by atoms with Gasteiger partial charge in [-0.1, -0.05) is 27.7 Å². The molecule has 164 valence electrons. The molecule has 3 heterocycles. The molecule has 0 radical (unpaired) electrons. The van der Waals surface area contributed by atoms with Gasteiger partial charge in [-0.2, -0.15) is 13.2 Å². The Balaban J connectivity index is 1.62. The second kappa shape index (κ2) is 8.43. The molecule has 3 N–H and O–H groups in total. The van der Waals surface area contributed by atoms with Crippen LogP contribution < -0.4 is 10.5 Å². The van der Waals surface area contributed by atoms with Gasteiger partial charge in [0.15, 0.2) is 17.2 Å². The first kappa shape index (κ1) is 22.1. The van der Waals surface area contributed by atoms with Crippen LogP contribution in [0.15, 0.2) is 51.1 Å². The van der Waals surface area contributed by atoms with Gasteiger partial charge in [-0.3, -0.25) is 4.79 Å². The summed E-state index contributed by atoms with van der Waals surface area (Å²) in [6, 6.07) is 6.06. The minimum atomic E-state index is -4.75. The van der Waals surface area contributed by atoms with Gasteiger partial charge in [-0.15, -0.1) is 0 Å². The second-order valence-corrected chi connectivity index (χ2v) is 8.41. The number of nitrogen functional groups attached to an aromatic ring is 1. The molecule has 1 aliphatic heterocycles. The number of halogens is 4. The molecule has 1 aromatic carbocycles. The van der Waals surface area contributed by atoms with Gasteiger partial charge >= 0.3 is 6.18 Å². The van der Waals surface area contributed by atoms with Crippen LogP contribution in [-0.4, -0.2) is 25.8 Å². The van der Waals surface area contributed by atoms with Crippen molar-refractivity contribution in [3.05, 3.63) is 68.4 Å². The van der Waals surface area contributed by atoms with Crippen LogP contribution in [-0.2, 0) is 12.8 Å². The third-order valence-corrected chi connectivity index (χ3v) is 6.07. The number of carbonyl (C=O) groups excluding carboxylic acids is 1. The fraction of sp³-hybridized carbons (Fsp3) is 0.100. The van der Waals surface area contributed by atoms with Crippen molar-refractivity contribution in [2.75, 3.05) is 5.73 Å². The number of ether oxygens (including phenoxy) is 1. The van der Waals surface area contributed by atoms with Crippen LogP contribution in [0.4, 0.5) is 19.1 Å². The quantitative estimate of drug-likeness (QED) is 0.466. The maximum Gasteiger partial charge on any atom is 0.433 e. The Kier molecular flexibility index (Phi) is 5.82. The fourth-order valence-electron chi connectivity index (χ4n) is 2.88. The number of aromatic nitrogens is 3. The van der Waals surface area contributed by atoms with E-state index >= 15 is 0 Å². The smallest absolute Gasteiger partial charge is 0.433 e. The molecule has 0 unspecified atom stereocenters. The Morgan fingerprint density at radius 1 is 1.28 bits per heavy atom. The van der Waals surface area contributed by atoms with Crippen LogP contribution in [0.3, 0.4) is 0 Å². The zero-order valence-electron chi connectivity index (χ0n) is 15.9. The van der Waals surface area contributed by atoms with Gasteiger partial charge in [0, 0.05) is 22.4 Å². The number of hydrogen-bond acceptors (Lipinski definition) is 8. The summed E-state index contributed by atoms with van der Waals surface area (Å²) in [7, 11) is 0. The number of thioether (sulfide) groups is 1. The third kappa shape index (κ3) is 4.41. The molecule has 12 heteroatoms. The number of nitrogens with zero attached hydrogens (tertiary/aromatic N) is 3. The highest BCUT2D eigenvalue weighted by Gasteiger charge is 2.36. The highest BCUT2D eigenvalue weighted by atomic mass is 79.9. The van der Waals surface area contributed by atoms with E-state index in [1.54, 1.807) is 24.4 Å². The number of nitrogens with two attached hydrogens (primary N) is 1. The Morgan fingerprint density at radius 3 is 2.78 bits per heavy atom. The van der Waals surface area contributed by atoms with E-state index in [0.29, 0.717) is 25.5 Å². The van der Waals surface area contributed by atoms with Gasteiger partial charge in [-0.25, -0.2) is 15.0 Å². The van der Waals surface area contributed by atoms with Crippen LogP contribution in [0.2, 0.25) is 0 Å². The van der Waals surface area contributed by atoms with Gasteiger partial charge in [0.05, 0.1) is 10.5 Å². The summed E-state index contributed by atoms with van der Waals surface area (Å²) >= 11 is 4.50. The van der Waals surface area contributed by atoms with E-state index < -0.39 is 24.4 Å². The molecule has 1 aliphatic rings. The van der Waals surface area contributed by atoms with Gasteiger partial charge in [0.2, 0.25) is 11.7 Å². The van der Waals surface area contributed by atoms with E-state index in [4.69, 9.17) is 10.5 Å². The van der Waals surface area contributed by atoms with Crippen molar-refractivity contribution >= 4 is 45.5 Å². The van der Waals surface area contributed by atoms with Crippen LogP contribution in [0.25, 0.3) is 6.08 Å². The van der Waals surface area contributed by atoms with E-state index in [0.717, 1.165) is 6.20 Å². The lowest BCUT2D eigenvalue weighted by atomic mass is 10.1. The van der Waals surface area contributed by atoms with E-state index in [9.17, 15) is 23.1 Å². The predicted molar refractivity (Wildman–Crippen MR) is 114 cm³/mol. The van der Waals surface area contributed by atoms with Crippen LogP contribution in [0.5, 0.6) is 11.5 Å². The molecule has 0 saturated carbocycles. The van der Waals surface area contributed by atoms with Crippen LogP contribution in [0.1, 0.15) is 27.2 Å². The maximum atomic E-state index is 13.2. The molecule has 4 rings (SSSR count). The summed E-state index contributed by atoms with van der Waals surface area (Å²) in [5, 5.41) is 10.8. The molecular weight excluding hydrogens is 513 g/mol. The van der Waals surface area contributed by atoms with Crippen molar-refractivity contribution in [3.63, 3.8) is 0 Å². The number of anilines is 1.